The highest BCUT2D eigenvalue weighted by Gasteiger charge is 1.95. The van der Waals surface area contributed by atoms with Crippen LogP contribution >= 0.6 is 0 Å². The van der Waals surface area contributed by atoms with Crippen LogP contribution in [0.3, 0.4) is 0 Å². The van der Waals surface area contributed by atoms with Crippen LogP contribution in [0.5, 0.6) is 0 Å². The predicted molar refractivity (Wildman–Crippen MR) is 38.4 cm³/mol. The van der Waals surface area contributed by atoms with Crippen molar-refractivity contribution in [2.24, 2.45) is 0 Å². The number of nitrogens with two attached hydrogens (primary N) is 1. The molecule has 0 saturated carbocycles. The van der Waals surface area contributed by atoms with Gasteiger partial charge in [-0.1, -0.05) is 0 Å². The third kappa shape index (κ3) is 0.639. The van der Waals surface area contributed by atoms with Crippen molar-refractivity contribution in [3.05, 3.63) is 24.6 Å². The summed E-state index contributed by atoms with van der Waals surface area (Å²) in [6.45, 7) is 0. The quantitative estimate of drug-likeness (QED) is 0.592. The summed E-state index contributed by atoms with van der Waals surface area (Å²) in [5.41, 5.74) is 6.20. The van der Waals surface area contributed by atoms with Crippen molar-refractivity contribution in [1.82, 2.24) is 4.98 Å². The number of aromatic nitrogens is 1. The van der Waals surface area contributed by atoms with Gasteiger partial charge in [0.25, 0.3) is 0 Å². The number of anilines is 1. The minimum absolute atomic E-state index is 0.522. The van der Waals surface area contributed by atoms with E-state index in [0.29, 0.717) is 5.82 Å². The summed E-state index contributed by atoms with van der Waals surface area (Å²) >= 11 is 0. The van der Waals surface area contributed by atoms with Crippen LogP contribution in [0.4, 0.5) is 5.82 Å². The van der Waals surface area contributed by atoms with Gasteiger partial charge in [0, 0.05) is 5.39 Å². The Bertz CT molecular complexity index is 353. The minimum atomic E-state index is 0.522. The molecule has 0 amide bonds. The second kappa shape index (κ2) is 1.73. The highest BCUT2D eigenvalue weighted by Crippen LogP contribution is 2.14. The second-order valence-corrected chi connectivity index (χ2v) is 2.07. The summed E-state index contributed by atoms with van der Waals surface area (Å²) in [5, 5.41) is 0.993. The minimum Gasteiger partial charge on any atom is -0.463 e. The smallest absolute Gasteiger partial charge is 0.152 e. The molecule has 2 heterocycles. The highest BCUT2D eigenvalue weighted by molar-refractivity contribution is 5.78. The van der Waals surface area contributed by atoms with Crippen molar-refractivity contribution in [2.45, 2.75) is 0 Å². The number of hydrogen-bond acceptors (Lipinski definition) is 3. The van der Waals surface area contributed by atoms with Crippen LogP contribution in [-0.4, -0.2) is 4.98 Å². The molecule has 0 fully saturated rings. The summed E-state index contributed by atoms with van der Waals surface area (Å²) < 4.78 is 5.05. The monoisotopic (exact) mass is 134 g/mol. The van der Waals surface area contributed by atoms with Gasteiger partial charge in [-0.3, -0.25) is 0 Å². The Hall–Kier alpha value is -1.51. The van der Waals surface area contributed by atoms with Crippen molar-refractivity contribution < 1.29 is 4.42 Å². The Kier molecular flexibility index (Phi) is 0.917. The van der Waals surface area contributed by atoms with E-state index in [1.54, 1.807) is 18.5 Å². The fraction of sp³-hybridized carbons (Fsp3) is 0. The summed E-state index contributed by atoms with van der Waals surface area (Å²) in [4.78, 5) is 3.86. The Balaban J connectivity index is 2.86. The summed E-state index contributed by atoms with van der Waals surface area (Å²) in [6, 6.07) is 3.63. The molecule has 2 aromatic heterocycles. The first-order valence-electron chi connectivity index (χ1n) is 2.95. The molecule has 50 valence electrons. The molecule has 10 heavy (non-hydrogen) atoms. The van der Waals surface area contributed by atoms with Gasteiger partial charge in [-0.05, 0) is 12.1 Å². The van der Waals surface area contributed by atoms with E-state index < -0.39 is 0 Å². The maximum absolute atomic E-state index is 5.43. The molecule has 0 unspecified atom stereocenters. The average Bonchev–Trinajstić information content (AvgIpc) is 2.33. The van der Waals surface area contributed by atoms with E-state index in [-0.39, 0.29) is 0 Å². The van der Waals surface area contributed by atoms with Gasteiger partial charge in [0.1, 0.15) is 5.82 Å². The van der Waals surface area contributed by atoms with E-state index >= 15 is 0 Å². The molecule has 3 nitrogen and oxygen atoms in total. The molecule has 0 atom stereocenters. The zero-order chi connectivity index (χ0) is 6.97. The lowest BCUT2D eigenvalue weighted by atomic mass is 10.3. The first-order valence-corrected chi connectivity index (χ1v) is 2.95. The van der Waals surface area contributed by atoms with Crippen LogP contribution in [0, 0.1) is 0 Å². The van der Waals surface area contributed by atoms with E-state index in [1.165, 1.54) is 0 Å². The molecule has 2 N–H and O–H groups in total. The Morgan fingerprint density at radius 3 is 3.30 bits per heavy atom. The fourth-order valence-electron chi connectivity index (χ4n) is 0.885. The molecular formula is C7H6N2O. The van der Waals surface area contributed by atoms with Crippen LogP contribution in [0.15, 0.2) is 29.0 Å². The number of pyridine rings is 1. The normalized spacial score (nSPS) is 10.4. The number of nitrogens with zero attached hydrogens (tertiary/aromatic N) is 1. The standard InChI is InChI=1S/C7H6N2O/c8-7-3-5-1-2-10-6(5)4-9-7/h1-4H,(H2,8,9). The van der Waals surface area contributed by atoms with E-state index in [9.17, 15) is 0 Å². The molecule has 0 spiro atoms. The average molecular weight is 134 g/mol. The van der Waals surface area contributed by atoms with Crippen LogP contribution < -0.4 is 5.73 Å². The molecule has 0 aliphatic rings. The zero-order valence-corrected chi connectivity index (χ0v) is 5.24. The van der Waals surface area contributed by atoms with Crippen LogP contribution in [-0.2, 0) is 0 Å². The van der Waals surface area contributed by atoms with Gasteiger partial charge in [-0.25, -0.2) is 4.98 Å². The third-order valence-corrected chi connectivity index (χ3v) is 1.36. The molecule has 2 aromatic rings. The van der Waals surface area contributed by atoms with Gasteiger partial charge >= 0.3 is 0 Å². The lowest BCUT2D eigenvalue weighted by Crippen LogP contribution is -1.86. The van der Waals surface area contributed by atoms with Crippen molar-refractivity contribution in [2.75, 3.05) is 5.73 Å². The van der Waals surface area contributed by atoms with Gasteiger partial charge in [0.15, 0.2) is 5.58 Å². The largest absolute Gasteiger partial charge is 0.463 e. The molecule has 0 aromatic carbocycles. The lowest BCUT2D eigenvalue weighted by molar-refractivity contribution is 0.614. The highest BCUT2D eigenvalue weighted by atomic mass is 16.3. The molecule has 0 radical (unpaired) electrons. The van der Waals surface area contributed by atoms with Gasteiger partial charge in [-0.15, -0.1) is 0 Å². The predicted octanol–water partition coefficient (Wildman–Crippen LogP) is 1.41. The molecule has 0 saturated heterocycles. The molecular weight excluding hydrogens is 128 g/mol. The molecule has 0 aliphatic heterocycles. The van der Waals surface area contributed by atoms with E-state index in [1.807, 2.05) is 6.07 Å². The lowest BCUT2D eigenvalue weighted by Gasteiger charge is -1.88. The Morgan fingerprint density at radius 1 is 1.50 bits per heavy atom. The molecule has 0 bridgehead atoms. The van der Waals surface area contributed by atoms with E-state index in [0.717, 1.165) is 11.0 Å². The van der Waals surface area contributed by atoms with Gasteiger partial charge < -0.3 is 10.2 Å². The topological polar surface area (TPSA) is 52.0 Å². The second-order valence-electron chi connectivity index (χ2n) is 2.07. The van der Waals surface area contributed by atoms with Crippen LogP contribution in [0.25, 0.3) is 11.0 Å². The van der Waals surface area contributed by atoms with Gasteiger partial charge in [-0.2, -0.15) is 0 Å². The first-order chi connectivity index (χ1) is 4.86. The van der Waals surface area contributed by atoms with Crippen molar-refractivity contribution >= 4 is 16.8 Å². The fourth-order valence-corrected chi connectivity index (χ4v) is 0.885. The van der Waals surface area contributed by atoms with E-state index in [4.69, 9.17) is 10.2 Å². The maximum atomic E-state index is 5.43. The number of fused-ring (bicyclic) bond motifs is 1. The van der Waals surface area contributed by atoms with Crippen LogP contribution in [0.2, 0.25) is 0 Å². The molecule has 0 aliphatic carbocycles. The van der Waals surface area contributed by atoms with Crippen molar-refractivity contribution in [3.63, 3.8) is 0 Å². The SMILES string of the molecule is Nc1cc2ccoc2cn1. The number of furan rings is 1. The molecule has 2 rings (SSSR count). The van der Waals surface area contributed by atoms with E-state index in [2.05, 4.69) is 4.98 Å². The zero-order valence-electron chi connectivity index (χ0n) is 5.24. The summed E-state index contributed by atoms with van der Waals surface area (Å²) in [6.07, 6.45) is 3.23. The summed E-state index contributed by atoms with van der Waals surface area (Å²) in [5.74, 6) is 0.522. The summed E-state index contributed by atoms with van der Waals surface area (Å²) in [7, 11) is 0. The Morgan fingerprint density at radius 2 is 2.40 bits per heavy atom. The number of hydrogen-bond donors (Lipinski definition) is 1. The van der Waals surface area contributed by atoms with Crippen molar-refractivity contribution in [1.29, 1.82) is 0 Å². The first kappa shape index (κ1) is 5.29. The third-order valence-electron chi connectivity index (χ3n) is 1.36. The number of rotatable bonds is 0. The molecule has 3 heteroatoms. The van der Waals surface area contributed by atoms with Crippen LogP contribution in [0.1, 0.15) is 0 Å². The Labute approximate surface area is 57.5 Å². The van der Waals surface area contributed by atoms with Crippen molar-refractivity contribution in [3.8, 4) is 0 Å². The maximum Gasteiger partial charge on any atom is 0.152 e. The van der Waals surface area contributed by atoms with Gasteiger partial charge in [0.2, 0.25) is 0 Å². The number of nitrogen functional groups attached to an aromatic ring is 1. The van der Waals surface area contributed by atoms with Gasteiger partial charge in [0.05, 0.1) is 12.5 Å².